The van der Waals surface area contributed by atoms with Crippen LogP contribution in [0.15, 0.2) is 53.4 Å². The Hall–Kier alpha value is -1.40. The van der Waals surface area contributed by atoms with Gasteiger partial charge in [-0.25, -0.2) is 8.42 Å². The van der Waals surface area contributed by atoms with Crippen molar-refractivity contribution in [1.29, 1.82) is 0 Å². The summed E-state index contributed by atoms with van der Waals surface area (Å²) in [5.41, 5.74) is 1.82. The maximum Gasteiger partial charge on any atom is 0.245 e. The van der Waals surface area contributed by atoms with Crippen molar-refractivity contribution in [3.63, 3.8) is 0 Å². The predicted molar refractivity (Wildman–Crippen MR) is 94.2 cm³/mol. The van der Waals surface area contributed by atoms with Crippen molar-refractivity contribution in [3.05, 3.63) is 64.7 Å². The van der Waals surface area contributed by atoms with E-state index in [9.17, 15) is 13.5 Å². The number of aliphatic hydroxyl groups excluding tert-OH is 1. The minimum atomic E-state index is -3.79. The van der Waals surface area contributed by atoms with E-state index in [0.29, 0.717) is 11.4 Å². The molecule has 6 heteroatoms. The summed E-state index contributed by atoms with van der Waals surface area (Å²) in [5.74, 6) is -0.147. The molecule has 1 aliphatic rings. The molecule has 2 aromatic rings. The number of hydrogen-bond acceptors (Lipinski definition) is 3. The van der Waals surface area contributed by atoms with E-state index < -0.39 is 22.3 Å². The zero-order chi connectivity index (χ0) is 17.5. The highest BCUT2D eigenvalue weighted by Crippen LogP contribution is 2.42. The minimum Gasteiger partial charge on any atom is -0.377 e. The van der Waals surface area contributed by atoms with E-state index in [1.807, 2.05) is 26.0 Å². The molecule has 0 radical (unpaired) electrons. The van der Waals surface area contributed by atoms with Gasteiger partial charge in [0.25, 0.3) is 0 Å². The topological polar surface area (TPSA) is 57.6 Å². The molecule has 0 unspecified atom stereocenters. The number of halogens is 1. The lowest BCUT2D eigenvalue weighted by atomic mass is 10.0. The zero-order valence-corrected chi connectivity index (χ0v) is 15.1. The van der Waals surface area contributed by atoms with Crippen molar-refractivity contribution in [3.8, 4) is 0 Å². The van der Waals surface area contributed by atoms with Crippen LogP contribution < -0.4 is 0 Å². The third-order valence-electron chi connectivity index (χ3n) is 4.52. The normalized spacial score (nSPS) is 25.1. The molecule has 1 N–H and O–H groups in total. The van der Waals surface area contributed by atoms with Crippen LogP contribution in [-0.4, -0.2) is 24.1 Å². The first-order valence-corrected chi connectivity index (χ1v) is 9.66. The summed E-state index contributed by atoms with van der Waals surface area (Å²) in [6.07, 6.45) is -0.481. The second-order valence-electron chi connectivity index (χ2n) is 6.34. The lowest BCUT2D eigenvalue weighted by molar-refractivity contribution is 0.0524. The Morgan fingerprint density at radius 1 is 1.08 bits per heavy atom. The summed E-state index contributed by atoms with van der Waals surface area (Å²) in [7, 11) is -3.79. The van der Waals surface area contributed by atoms with E-state index >= 15 is 0 Å². The maximum absolute atomic E-state index is 13.1. The number of rotatable bonds is 3. The Labute approximate surface area is 147 Å². The standard InChI is InChI=1S/C18H20ClNO3S/c1-12-3-9-16(10-4-12)24(22,23)20-17(11-13(2)18(20)21)14-5-7-15(19)8-6-14/h3-10,13,17-18,21H,11H2,1-2H3/t13-,17+,18+/m1/s1. The van der Waals surface area contributed by atoms with E-state index in [4.69, 9.17) is 11.6 Å². The van der Waals surface area contributed by atoms with Gasteiger partial charge in [-0.15, -0.1) is 0 Å². The van der Waals surface area contributed by atoms with Gasteiger partial charge in [-0.1, -0.05) is 48.4 Å². The Balaban J connectivity index is 2.04. The highest BCUT2D eigenvalue weighted by Gasteiger charge is 2.46. The zero-order valence-electron chi connectivity index (χ0n) is 13.6. The van der Waals surface area contributed by atoms with Gasteiger partial charge in [-0.05, 0) is 49.1 Å². The minimum absolute atomic E-state index is 0.147. The highest BCUT2D eigenvalue weighted by atomic mass is 35.5. The van der Waals surface area contributed by atoms with Gasteiger partial charge in [0, 0.05) is 5.02 Å². The molecular formula is C18H20ClNO3S. The summed E-state index contributed by atoms with van der Waals surface area (Å²) >= 11 is 5.93. The smallest absolute Gasteiger partial charge is 0.245 e. The number of benzene rings is 2. The molecule has 0 aliphatic carbocycles. The van der Waals surface area contributed by atoms with Crippen LogP contribution in [0.25, 0.3) is 0 Å². The summed E-state index contributed by atoms with van der Waals surface area (Å²) < 4.78 is 27.4. The molecule has 1 aliphatic heterocycles. The summed E-state index contributed by atoms with van der Waals surface area (Å²) in [4.78, 5) is 0.195. The summed E-state index contributed by atoms with van der Waals surface area (Å²) in [6, 6.07) is 13.4. The van der Waals surface area contributed by atoms with Crippen LogP contribution in [0.5, 0.6) is 0 Å². The number of aryl methyl sites for hydroxylation is 1. The predicted octanol–water partition coefficient (Wildman–Crippen LogP) is 3.74. The first kappa shape index (κ1) is 17.4. The van der Waals surface area contributed by atoms with Crippen molar-refractivity contribution in [2.75, 3.05) is 0 Å². The average molecular weight is 366 g/mol. The molecule has 2 aromatic carbocycles. The third kappa shape index (κ3) is 3.09. The van der Waals surface area contributed by atoms with Gasteiger partial charge < -0.3 is 5.11 Å². The molecule has 0 saturated carbocycles. The summed E-state index contributed by atoms with van der Waals surface area (Å²) in [6.45, 7) is 3.76. The Morgan fingerprint density at radius 2 is 1.67 bits per heavy atom. The molecule has 1 heterocycles. The fourth-order valence-electron chi connectivity index (χ4n) is 3.12. The fourth-order valence-corrected chi connectivity index (χ4v) is 5.01. The second-order valence-corrected chi connectivity index (χ2v) is 8.62. The van der Waals surface area contributed by atoms with Crippen LogP contribution in [-0.2, 0) is 10.0 Å². The van der Waals surface area contributed by atoms with E-state index in [1.54, 1.807) is 36.4 Å². The molecular weight excluding hydrogens is 346 g/mol. The molecule has 3 rings (SSSR count). The van der Waals surface area contributed by atoms with Crippen molar-refractivity contribution < 1.29 is 13.5 Å². The molecule has 128 valence electrons. The Kier molecular flexibility index (Phi) is 4.71. The van der Waals surface area contributed by atoms with Crippen LogP contribution in [0.1, 0.15) is 30.5 Å². The molecule has 24 heavy (non-hydrogen) atoms. The largest absolute Gasteiger partial charge is 0.377 e. The van der Waals surface area contributed by atoms with Crippen LogP contribution in [0, 0.1) is 12.8 Å². The average Bonchev–Trinajstić information content (AvgIpc) is 2.84. The monoisotopic (exact) mass is 365 g/mol. The quantitative estimate of drug-likeness (QED) is 0.901. The molecule has 0 bridgehead atoms. The van der Waals surface area contributed by atoms with E-state index in [0.717, 1.165) is 11.1 Å². The van der Waals surface area contributed by atoms with E-state index in [-0.39, 0.29) is 10.8 Å². The number of nitrogens with zero attached hydrogens (tertiary/aromatic N) is 1. The summed E-state index contributed by atoms with van der Waals surface area (Å²) in [5, 5.41) is 11.1. The van der Waals surface area contributed by atoms with Crippen molar-refractivity contribution >= 4 is 21.6 Å². The molecule has 0 spiro atoms. The third-order valence-corrected chi connectivity index (χ3v) is 6.67. The number of hydrogen-bond donors (Lipinski definition) is 1. The molecule has 0 aromatic heterocycles. The van der Waals surface area contributed by atoms with E-state index in [1.165, 1.54) is 4.31 Å². The van der Waals surface area contributed by atoms with Crippen LogP contribution in [0.2, 0.25) is 5.02 Å². The number of aliphatic hydroxyl groups is 1. The van der Waals surface area contributed by atoms with Crippen molar-refractivity contribution in [2.45, 2.75) is 37.4 Å². The molecule has 3 atom stereocenters. The maximum atomic E-state index is 13.1. The van der Waals surface area contributed by atoms with E-state index in [2.05, 4.69) is 0 Å². The SMILES string of the molecule is Cc1ccc(S(=O)(=O)N2[C@H](c3ccc(Cl)cc3)C[C@@H](C)[C@@H]2O)cc1. The molecule has 1 fully saturated rings. The van der Waals surface area contributed by atoms with Gasteiger partial charge in [0.1, 0.15) is 6.23 Å². The first-order chi connectivity index (χ1) is 11.3. The molecule has 1 saturated heterocycles. The van der Waals surface area contributed by atoms with Crippen molar-refractivity contribution in [2.24, 2.45) is 5.92 Å². The van der Waals surface area contributed by atoms with Crippen LogP contribution in [0.4, 0.5) is 0 Å². The fraction of sp³-hybridized carbons (Fsp3) is 0.333. The number of sulfonamides is 1. The Bertz CT molecular complexity index is 818. The first-order valence-electron chi connectivity index (χ1n) is 7.84. The van der Waals surface area contributed by atoms with Gasteiger partial charge in [-0.3, -0.25) is 0 Å². The van der Waals surface area contributed by atoms with Gasteiger partial charge in [-0.2, -0.15) is 4.31 Å². The van der Waals surface area contributed by atoms with Crippen molar-refractivity contribution in [1.82, 2.24) is 4.31 Å². The van der Waals surface area contributed by atoms with Gasteiger partial charge >= 0.3 is 0 Å². The molecule has 4 nitrogen and oxygen atoms in total. The van der Waals surface area contributed by atoms with Gasteiger partial charge in [0.15, 0.2) is 0 Å². The lowest BCUT2D eigenvalue weighted by Crippen LogP contribution is -2.38. The molecule has 0 amide bonds. The Morgan fingerprint density at radius 3 is 2.25 bits per heavy atom. The highest BCUT2D eigenvalue weighted by molar-refractivity contribution is 7.89. The van der Waals surface area contributed by atoms with Gasteiger partial charge in [0.05, 0.1) is 10.9 Å². The second kappa shape index (κ2) is 6.48. The van der Waals surface area contributed by atoms with Crippen LogP contribution >= 0.6 is 11.6 Å². The van der Waals surface area contributed by atoms with Crippen LogP contribution in [0.3, 0.4) is 0 Å². The lowest BCUT2D eigenvalue weighted by Gasteiger charge is -2.27. The van der Waals surface area contributed by atoms with Gasteiger partial charge in [0.2, 0.25) is 10.0 Å².